The van der Waals surface area contributed by atoms with E-state index in [4.69, 9.17) is 0 Å². The van der Waals surface area contributed by atoms with E-state index >= 15 is 0 Å². The van der Waals surface area contributed by atoms with Gasteiger partial charge in [0.25, 0.3) is 0 Å². The maximum atomic E-state index is 11.2. The van der Waals surface area contributed by atoms with E-state index < -0.39 is 0 Å². The van der Waals surface area contributed by atoms with Crippen molar-refractivity contribution in [2.45, 2.75) is 69.8 Å². The number of hydrogen-bond acceptors (Lipinski definition) is 1. The van der Waals surface area contributed by atoms with Crippen molar-refractivity contribution in [2.24, 2.45) is 11.8 Å². The van der Waals surface area contributed by atoms with Crippen LogP contribution in [0.1, 0.15) is 63.9 Å². The first kappa shape index (κ1) is 14.1. The molecule has 20 heavy (non-hydrogen) atoms. The molecule has 2 aliphatic carbocycles. The number of rotatable bonds is 4. The molecule has 1 N–H and O–H groups in total. The fraction of sp³-hybridized carbons (Fsp3) is 0.684. The monoisotopic (exact) mass is 272 g/mol. The molecule has 1 aromatic carbocycles. The van der Waals surface area contributed by atoms with E-state index in [2.05, 4.69) is 37.3 Å². The Morgan fingerprint density at radius 2 is 1.80 bits per heavy atom. The molecule has 0 amide bonds. The summed E-state index contributed by atoms with van der Waals surface area (Å²) in [6, 6.07) is 10.8. The molecule has 0 saturated heterocycles. The highest BCUT2D eigenvalue weighted by atomic mass is 16.3. The molecular weight excluding hydrogens is 244 g/mol. The minimum absolute atomic E-state index is 0.0662. The van der Waals surface area contributed by atoms with Crippen molar-refractivity contribution < 1.29 is 5.11 Å². The molecule has 0 bridgehead atoms. The van der Waals surface area contributed by atoms with Crippen LogP contribution in [0.15, 0.2) is 30.3 Å². The van der Waals surface area contributed by atoms with E-state index in [0.29, 0.717) is 5.92 Å². The van der Waals surface area contributed by atoms with Crippen molar-refractivity contribution in [1.82, 2.24) is 0 Å². The molecule has 3 rings (SSSR count). The molecule has 1 heteroatoms. The Bertz CT molecular complexity index is 421. The molecule has 2 saturated carbocycles. The lowest BCUT2D eigenvalue weighted by Crippen LogP contribution is -2.51. The molecule has 0 radical (unpaired) electrons. The third kappa shape index (κ3) is 2.30. The highest BCUT2D eigenvalue weighted by molar-refractivity contribution is 5.30. The van der Waals surface area contributed by atoms with Gasteiger partial charge in [0.15, 0.2) is 0 Å². The zero-order chi connectivity index (χ0) is 14.0. The molecule has 0 spiro atoms. The number of aliphatic hydroxyl groups is 1. The first-order chi connectivity index (χ1) is 9.78. The fourth-order valence-corrected chi connectivity index (χ4v) is 4.65. The van der Waals surface area contributed by atoms with Crippen LogP contribution in [0.3, 0.4) is 0 Å². The van der Waals surface area contributed by atoms with Crippen LogP contribution in [0.5, 0.6) is 0 Å². The Balaban J connectivity index is 1.85. The zero-order valence-electron chi connectivity index (χ0n) is 12.7. The fourth-order valence-electron chi connectivity index (χ4n) is 4.65. The maximum absolute atomic E-state index is 11.2. The van der Waals surface area contributed by atoms with Gasteiger partial charge in [-0.25, -0.2) is 0 Å². The van der Waals surface area contributed by atoms with Crippen LogP contribution in [0.4, 0.5) is 0 Å². The number of aliphatic hydroxyl groups excluding tert-OH is 1. The van der Waals surface area contributed by atoms with E-state index in [-0.39, 0.29) is 11.5 Å². The number of hydrogen-bond donors (Lipinski definition) is 1. The van der Waals surface area contributed by atoms with E-state index in [1.54, 1.807) is 0 Å². The SMILES string of the molecule is CCC1CCCCC1C(O)C1(c2ccccc2)CCC1. The summed E-state index contributed by atoms with van der Waals surface area (Å²) in [5.74, 6) is 1.26. The summed E-state index contributed by atoms with van der Waals surface area (Å²) in [7, 11) is 0. The van der Waals surface area contributed by atoms with Crippen LogP contribution in [-0.2, 0) is 5.41 Å². The molecule has 110 valence electrons. The summed E-state index contributed by atoms with van der Waals surface area (Å²) in [4.78, 5) is 0. The molecule has 3 unspecified atom stereocenters. The summed E-state index contributed by atoms with van der Waals surface area (Å²) in [6.45, 7) is 2.30. The molecule has 2 fully saturated rings. The van der Waals surface area contributed by atoms with Crippen LogP contribution >= 0.6 is 0 Å². The summed E-state index contributed by atoms with van der Waals surface area (Å²) in [6.07, 6.45) is 9.93. The van der Waals surface area contributed by atoms with E-state index in [1.807, 2.05) is 0 Å². The molecule has 1 aromatic rings. The first-order valence-corrected chi connectivity index (χ1v) is 8.51. The van der Waals surface area contributed by atoms with Crippen molar-refractivity contribution >= 4 is 0 Å². The van der Waals surface area contributed by atoms with Crippen molar-refractivity contribution in [2.75, 3.05) is 0 Å². The zero-order valence-corrected chi connectivity index (χ0v) is 12.7. The van der Waals surface area contributed by atoms with Crippen molar-refractivity contribution in [3.63, 3.8) is 0 Å². The lowest BCUT2D eigenvalue weighted by atomic mass is 9.56. The van der Waals surface area contributed by atoms with E-state index in [9.17, 15) is 5.11 Å². The Labute approximate surface area is 123 Å². The molecular formula is C19H28O. The van der Waals surface area contributed by atoms with E-state index in [1.165, 1.54) is 56.9 Å². The predicted molar refractivity (Wildman–Crippen MR) is 83.7 cm³/mol. The summed E-state index contributed by atoms with van der Waals surface area (Å²) >= 11 is 0. The molecule has 1 nitrogen and oxygen atoms in total. The van der Waals surface area contributed by atoms with Crippen LogP contribution in [-0.4, -0.2) is 11.2 Å². The normalized spacial score (nSPS) is 30.5. The second-order valence-corrected chi connectivity index (χ2v) is 6.94. The first-order valence-electron chi connectivity index (χ1n) is 8.51. The van der Waals surface area contributed by atoms with Gasteiger partial charge in [-0.15, -0.1) is 0 Å². The molecule has 0 aromatic heterocycles. The van der Waals surface area contributed by atoms with Crippen LogP contribution in [0, 0.1) is 11.8 Å². The van der Waals surface area contributed by atoms with Gasteiger partial charge in [0.05, 0.1) is 6.10 Å². The lowest BCUT2D eigenvalue weighted by molar-refractivity contribution is -0.0457. The topological polar surface area (TPSA) is 20.2 Å². The smallest absolute Gasteiger partial charge is 0.0667 e. The average molecular weight is 272 g/mol. The highest BCUT2D eigenvalue weighted by Gasteiger charge is 2.49. The average Bonchev–Trinajstić information content (AvgIpc) is 2.47. The molecule has 2 aliphatic rings. The Morgan fingerprint density at radius 1 is 1.10 bits per heavy atom. The largest absolute Gasteiger partial charge is 0.392 e. The lowest BCUT2D eigenvalue weighted by Gasteiger charge is -2.51. The number of benzene rings is 1. The predicted octanol–water partition coefficient (Wildman–Crippen LogP) is 4.69. The molecule has 0 aliphatic heterocycles. The van der Waals surface area contributed by atoms with Crippen LogP contribution < -0.4 is 0 Å². The van der Waals surface area contributed by atoms with Crippen LogP contribution in [0.25, 0.3) is 0 Å². The standard InChI is InChI=1S/C19H28O/c1-2-15-9-6-7-12-17(15)18(20)19(13-8-14-19)16-10-4-3-5-11-16/h3-5,10-11,15,17-18,20H,2,6-9,12-14H2,1H3. The van der Waals surface area contributed by atoms with Crippen LogP contribution in [0.2, 0.25) is 0 Å². The van der Waals surface area contributed by atoms with Gasteiger partial charge in [0, 0.05) is 5.41 Å². The van der Waals surface area contributed by atoms with Gasteiger partial charge in [0.1, 0.15) is 0 Å². The Kier molecular flexibility index (Phi) is 4.16. The Hall–Kier alpha value is -0.820. The van der Waals surface area contributed by atoms with Gasteiger partial charge in [-0.2, -0.15) is 0 Å². The molecule has 3 atom stereocenters. The summed E-state index contributed by atoms with van der Waals surface area (Å²) in [5, 5.41) is 11.2. The third-order valence-electron chi connectivity index (χ3n) is 6.06. The summed E-state index contributed by atoms with van der Waals surface area (Å²) < 4.78 is 0. The minimum atomic E-state index is -0.135. The van der Waals surface area contributed by atoms with Gasteiger partial charge >= 0.3 is 0 Å². The van der Waals surface area contributed by atoms with Gasteiger partial charge in [-0.3, -0.25) is 0 Å². The highest BCUT2D eigenvalue weighted by Crippen LogP contribution is 2.51. The van der Waals surface area contributed by atoms with Crippen molar-refractivity contribution in [3.8, 4) is 0 Å². The van der Waals surface area contributed by atoms with E-state index in [0.717, 1.165) is 5.92 Å². The summed E-state index contributed by atoms with van der Waals surface area (Å²) in [5.41, 5.74) is 1.44. The second-order valence-electron chi connectivity index (χ2n) is 6.94. The van der Waals surface area contributed by atoms with Gasteiger partial charge in [0.2, 0.25) is 0 Å². The Morgan fingerprint density at radius 3 is 2.40 bits per heavy atom. The second kappa shape index (κ2) is 5.89. The molecule has 0 heterocycles. The third-order valence-corrected chi connectivity index (χ3v) is 6.06. The maximum Gasteiger partial charge on any atom is 0.0667 e. The quantitative estimate of drug-likeness (QED) is 0.843. The van der Waals surface area contributed by atoms with Crippen molar-refractivity contribution in [1.29, 1.82) is 0 Å². The van der Waals surface area contributed by atoms with Gasteiger partial charge < -0.3 is 5.11 Å². The van der Waals surface area contributed by atoms with Gasteiger partial charge in [-0.05, 0) is 36.7 Å². The van der Waals surface area contributed by atoms with Gasteiger partial charge in [-0.1, -0.05) is 69.4 Å². The van der Waals surface area contributed by atoms with Crippen molar-refractivity contribution in [3.05, 3.63) is 35.9 Å². The minimum Gasteiger partial charge on any atom is -0.392 e.